The minimum absolute atomic E-state index is 0.714. The average molecular weight is 236 g/mol. The van der Waals surface area contributed by atoms with Crippen LogP contribution in [0.1, 0.15) is 56.0 Å². The molecule has 88 valence electrons. The van der Waals surface area contributed by atoms with Crippen molar-refractivity contribution in [1.29, 1.82) is 0 Å². The fraction of sp³-hybridized carbons (Fsp3) is 0.769. The second-order valence-electron chi connectivity index (χ2n) is 5.15. The Morgan fingerprint density at radius 2 is 2.31 bits per heavy atom. The zero-order valence-corrected chi connectivity index (χ0v) is 10.8. The number of rotatable bonds is 1. The molecule has 2 aliphatic rings. The molecule has 3 heterocycles. The van der Waals surface area contributed by atoms with Crippen LogP contribution in [-0.2, 0) is 6.54 Å². The molecule has 3 heteroatoms. The van der Waals surface area contributed by atoms with Crippen LogP contribution < -0.4 is 0 Å². The Labute approximate surface area is 102 Å². The molecule has 0 saturated carbocycles. The topological polar surface area (TPSA) is 17.8 Å². The van der Waals surface area contributed by atoms with Crippen molar-refractivity contribution < 1.29 is 0 Å². The fourth-order valence-corrected chi connectivity index (χ4v) is 4.15. The summed E-state index contributed by atoms with van der Waals surface area (Å²) in [6.45, 7) is 3.54. The van der Waals surface area contributed by atoms with E-state index >= 15 is 0 Å². The Balaban J connectivity index is 1.89. The number of aromatic nitrogens is 2. The van der Waals surface area contributed by atoms with Crippen molar-refractivity contribution in [2.75, 3.05) is 11.5 Å². The third kappa shape index (κ3) is 1.79. The highest BCUT2D eigenvalue weighted by atomic mass is 32.2. The van der Waals surface area contributed by atoms with Crippen LogP contribution in [0.15, 0.2) is 6.20 Å². The molecular weight excluding hydrogens is 216 g/mol. The van der Waals surface area contributed by atoms with Crippen LogP contribution >= 0.6 is 11.8 Å². The zero-order valence-electron chi connectivity index (χ0n) is 9.98. The molecule has 0 spiro atoms. The summed E-state index contributed by atoms with van der Waals surface area (Å²) in [4.78, 5) is 4.72. The number of nitrogens with zero attached hydrogens (tertiary/aromatic N) is 2. The lowest BCUT2D eigenvalue weighted by atomic mass is 9.98. The highest BCUT2D eigenvalue weighted by Gasteiger charge is 2.25. The maximum atomic E-state index is 4.72. The fourth-order valence-electron chi connectivity index (χ4n) is 3.01. The Kier molecular flexibility index (Phi) is 2.97. The SMILES string of the molecule is CC1CCCn2c1cnc2C1CCCSC1. The molecule has 2 atom stereocenters. The van der Waals surface area contributed by atoms with Gasteiger partial charge in [-0.3, -0.25) is 0 Å². The highest BCUT2D eigenvalue weighted by molar-refractivity contribution is 7.99. The van der Waals surface area contributed by atoms with E-state index in [-0.39, 0.29) is 0 Å². The van der Waals surface area contributed by atoms with Gasteiger partial charge in [0.05, 0.1) is 0 Å². The lowest BCUT2D eigenvalue weighted by molar-refractivity contribution is 0.449. The second kappa shape index (κ2) is 4.44. The van der Waals surface area contributed by atoms with Crippen molar-refractivity contribution in [2.45, 2.75) is 51.0 Å². The molecule has 2 nitrogen and oxygen atoms in total. The number of thioether (sulfide) groups is 1. The Bertz CT molecular complexity index is 366. The predicted molar refractivity (Wildman–Crippen MR) is 69.2 cm³/mol. The minimum atomic E-state index is 0.714. The molecule has 1 saturated heterocycles. The molecule has 0 bridgehead atoms. The van der Waals surface area contributed by atoms with Crippen molar-refractivity contribution >= 4 is 11.8 Å². The van der Waals surface area contributed by atoms with E-state index in [9.17, 15) is 0 Å². The first-order valence-corrected chi connectivity index (χ1v) is 7.65. The van der Waals surface area contributed by atoms with Gasteiger partial charge in [-0.25, -0.2) is 4.98 Å². The van der Waals surface area contributed by atoms with Crippen LogP contribution in [0.25, 0.3) is 0 Å². The first-order valence-electron chi connectivity index (χ1n) is 6.49. The highest BCUT2D eigenvalue weighted by Crippen LogP contribution is 2.34. The number of fused-ring (bicyclic) bond motifs is 1. The summed E-state index contributed by atoms with van der Waals surface area (Å²) < 4.78 is 2.52. The smallest absolute Gasteiger partial charge is 0.112 e. The Morgan fingerprint density at radius 1 is 1.38 bits per heavy atom. The minimum Gasteiger partial charge on any atom is -0.332 e. The summed E-state index contributed by atoms with van der Waals surface area (Å²) in [5, 5.41) is 0. The van der Waals surface area contributed by atoms with Gasteiger partial charge in [-0.2, -0.15) is 11.8 Å². The number of imidazole rings is 1. The van der Waals surface area contributed by atoms with Crippen LogP contribution in [0.3, 0.4) is 0 Å². The molecule has 2 unspecified atom stereocenters. The molecule has 2 aliphatic heterocycles. The first kappa shape index (κ1) is 10.7. The average Bonchev–Trinajstić information content (AvgIpc) is 2.75. The molecule has 0 radical (unpaired) electrons. The van der Waals surface area contributed by atoms with E-state index < -0.39 is 0 Å². The monoisotopic (exact) mass is 236 g/mol. The van der Waals surface area contributed by atoms with Crippen molar-refractivity contribution in [3.8, 4) is 0 Å². The van der Waals surface area contributed by atoms with Gasteiger partial charge in [0, 0.05) is 30.1 Å². The summed E-state index contributed by atoms with van der Waals surface area (Å²) in [6.07, 6.45) is 7.52. The zero-order chi connectivity index (χ0) is 11.0. The van der Waals surface area contributed by atoms with E-state index in [0.717, 1.165) is 5.92 Å². The second-order valence-corrected chi connectivity index (χ2v) is 6.30. The molecule has 16 heavy (non-hydrogen) atoms. The van der Waals surface area contributed by atoms with E-state index in [4.69, 9.17) is 4.98 Å². The maximum absolute atomic E-state index is 4.72. The van der Waals surface area contributed by atoms with Crippen molar-refractivity contribution in [1.82, 2.24) is 9.55 Å². The number of hydrogen-bond acceptors (Lipinski definition) is 2. The molecule has 0 aliphatic carbocycles. The summed E-state index contributed by atoms with van der Waals surface area (Å²) in [7, 11) is 0. The van der Waals surface area contributed by atoms with E-state index in [1.807, 2.05) is 0 Å². The van der Waals surface area contributed by atoms with E-state index in [1.165, 1.54) is 55.3 Å². The molecule has 0 N–H and O–H groups in total. The summed E-state index contributed by atoms with van der Waals surface area (Å²) in [5.74, 6) is 5.45. The van der Waals surface area contributed by atoms with E-state index in [1.54, 1.807) is 0 Å². The van der Waals surface area contributed by atoms with Gasteiger partial charge in [-0.05, 0) is 37.4 Å². The van der Waals surface area contributed by atoms with Crippen LogP contribution in [-0.4, -0.2) is 21.1 Å². The van der Waals surface area contributed by atoms with Gasteiger partial charge >= 0.3 is 0 Å². The van der Waals surface area contributed by atoms with Gasteiger partial charge < -0.3 is 4.57 Å². The third-order valence-corrected chi connectivity index (χ3v) is 5.18. The van der Waals surface area contributed by atoms with E-state index in [0.29, 0.717) is 5.92 Å². The number of hydrogen-bond donors (Lipinski definition) is 0. The van der Waals surface area contributed by atoms with Crippen LogP contribution in [0, 0.1) is 0 Å². The Morgan fingerprint density at radius 3 is 3.12 bits per heavy atom. The third-order valence-electron chi connectivity index (χ3n) is 3.97. The van der Waals surface area contributed by atoms with Gasteiger partial charge in [-0.1, -0.05) is 6.92 Å². The molecular formula is C13H20N2S. The van der Waals surface area contributed by atoms with Crippen LogP contribution in [0.2, 0.25) is 0 Å². The largest absolute Gasteiger partial charge is 0.332 e. The van der Waals surface area contributed by atoms with E-state index in [2.05, 4.69) is 29.4 Å². The van der Waals surface area contributed by atoms with Gasteiger partial charge in [0.15, 0.2) is 0 Å². The lowest BCUT2D eigenvalue weighted by Crippen LogP contribution is -2.19. The van der Waals surface area contributed by atoms with Gasteiger partial charge in [0.1, 0.15) is 5.82 Å². The van der Waals surface area contributed by atoms with Crippen molar-refractivity contribution in [3.63, 3.8) is 0 Å². The predicted octanol–water partition coefficient (Wildman–Crippen LogP) is 3.39. The summed E-state index contributed by atoms with van der Waals surface area (Å²) >= 11 is 2.10. The molecule has 1 aromatic rings. The maximum Gasteiger partial charge on any atom is 0.112 e. The molecule has 0 amide bonds. The molecule has 1 aromatic heterocycles. The molecule has 0 aromatic carbocycles. The standard InChI is InChI=1S/C13H20N2S/c1-10-4-2-6-15-12(10)8-14-13(15)11-5-3-7-16-9-11/h8,10-11H,2-7,9H2,1H3. The van der Waals surface area contributed by atoms with Gasteiger partial charge in [-0.15, -0.1) is 0 Å². The Hall–Kier alpha value is -0.440. The molecule has 1 fully saturated rings. The first-order chi connectivity index (χ1) is 7.86. The van der Waals surface area contributed by atoms with Crippen molar-refractivity contribution in [2.24, 2.45) is 0 Å². The normalized spacial score (nSPS) is 30.1. The van der Waals surface area contributed by atoms with Gasteiger partial charge in [0.25, 0.3) is 0 Å². The summed E-state index contributed by atoms with van der Waals surface area (Å²) in [5.41, 5.74) is 1.48. The van der Waals surface area contributed by atoms with Crippen molar-refractivity contribution in [3.05, 3.63) is 17.7 Å². The van der Waals surface area contributed by atoms with Gasteiger partial charge in [0.2, 0.25) is 0 Å². The summed E-state index contributed by atoms with van der Waals surface area (Å²) in [6, 6.07) is 0. The van der Waals surface area contributed by atoms with Crippen LogP contribution in [0.5, 0.6) is 0 Å². The van der Waals surface area contributed by atoms with Crippen LogP contribution in [0.4, 0.5) is 0 Å². The molecule has 3 rings (SSSR count). The quantitative estimate of drug-likeness (QED) is 0.744. The lowest BCUT2D eigenvalue weighted by Gasteiger charge is -2.26.